The fourth-order valence-electron chi connectivity index (χ4n) is 3.68. The van der Waals surface area contributed by atoms with Crippen molar-refractivity contribution >= 4 is 11.6 Å². The molecular formula is C20H26FN5O2. The first-order valence-electron chi connectivity index (χ1n) is 9.67. The molecule has 0 radical (unpaired) electrons. The summed E-state index contributed by atoms with van der Waals surface area (Å²) in [4.78, 5) is 15.8. The van der Waals surface area contributed by atoms with Crippen molar-refractivity contribution < 1.29 is 13.9 Å². The second-order valence-electron chi connectivity index (χ2n) is 7.07. The van der Waals surface area contributed by atoms with Gasteiger partial charge in [-0.05, 0) is 17.7 Å². The van der Waals surface area contributed by atoms with Crippen LogP contribution >= 0.6 is 0 Å². The summed E-state index contributed by atoms with van der Waals surface area (Å²) in [6.07, 6.45) is 1.65. The summed E-state index contributed by atoms with van der Waals surface area (Å²) in [7, 11) is 1.48. The lowest BCUT2D eigenvalue weighted by atomic mass is 10.2. The number of nitrogens with zero attached hydrogens (tertiary/aromatic N) is 5. The summed E-state index contributed by atoms with van der Waals surface area (Å²) in [5.41, 5.74) is 0.961. The molecule has 150 valence electrons. The van der Waals surface area contributed by atoms with E-state index in [2.05, 4.69) is 30.7 Å². The molecule has 0 unspecified atom stereocenters. The number of hydrogen-bond acceptors (Lipinski definition) is 7. The van der Waals surface area contributed by atoms with Crippen LogP contribution in [0.3, 0.4) is 0 Å². The summed E-state index contributed by atoms with van der Waals surface area (Å²) >= 11 is 0. The summed E-state index contributed by atoms with van der Waals surface area (Å²) < 4.78 is 24.3. The molecule has 1 aromatic heterocycles. The van der Waals surface area contributed by atoms with Crippen molar-refractivity contribution in [2.24, 2.45) is 0 Å². The molecule has 8 heteroatoms. The van der Waals surface area contributed by atoms with E-state index < -0.39 is 0 Å². The molecule has 2 fully saturated rings. The van der Waals surface area contributed by atoms with E-state index in [4.69, 9.17) is 9.47 Å². The number of halogens is 1. The van der Waals surface area contributed by atoms with Gasteiger partial charge in [-0.1, -0.05) is 6.07 Å². The first-order valence-corrected chi connectivity index (χ1v) is 9.67. The molecule has 3 heterocycles. The molecule has 2 aliphatic heterocycles. The van der Waals surface area contributed by atoms with Crippen molar-refractivity contribution in [1.82, 2.24) is 14.9 Å². The Morgan fingerprint density at radius 2 is 1.64 bits per heavy atom. The van der Waals surface area contributed by atoms with Crippen LogP contribution in [-0.4, -0.2) is 74.5 Å². The summed E-state index contributed by atoms with van der Waals surface area (Å²) in [5.74, 6) is 1.90. The average Bonchev–Trinajstić information content (AvgIpc) is 2.75. The van der Waals surface area contributed by atoms with Crippen LogP contribution in [-0.2, 0) is 11.3 Å². The van der Waals surface area contributed by atoms with E-state index in [9.17, 15) is 4.39 Å². The average molecular weight is 387 g/mol. The molecule has 0 N–H and O–H groups in total. The maximum absolute atomic E-state index is 13.9. The van der Waals surface area contributed by atoms with Crippen molar-refractivity contribution in [2.45, 2.75) is 6.54 Å². The van der Waals surface area contributed by atoms with Gasteiger partial charge in [0, 0.05) is 51.9 Å². The molecule has 0 saturated carbocycles. The van der Waals surface area contributed by atoms with Gasteiger partial charge in [0.05, 0.1) is 20.3 Å². The smallest absolute Gasteiger partial charge is 0.165 e. The molecule has 2 aliphatic rings. The van der Waals surface area contributed by atoms with E-state index in [1.54, 1.807) is 18.5 Å². The zero-order valence-electron chi connectivity index (χ0n) is 16.2. The predicted octanol–water partition coefficient (Wildman–Crippen LogP) is 1.78. The third kappa shape index (κ3) is 4.34. The van der Waals surface area contributed by atoms with Crippen LogP contribution in [0.15, 0.2) is 30.6 Å². The highest BCUT2D eigenvalue weighted by molar-refractivity contribution is 5.50. The van der Waals surface area contributed by atoms with Gasteiger partial charge in [0.1, 0.15) is 18.0 Å². The van der Waals surface area contributed by atoms with Gasteiger partial charge in [-0.15, -0.1) is 0 Å². The van der Waals surface area contributed by atoms with Gasteiger partial charge in [-0.25, -0.2) is 14.4 Å². The number of piperazine rings is 1. The Hall–Kier alpha value is -2.45. The Morgan fingerprint density at radius 3 is 2.29 bits per heavy atom. The molecule has 0 aliphatic carbocycles. The highest BCUT2D eigenvalue weighted by Crippen LogP contribution is 2.22. The Bertz CT molecular complexity index is 792. The van der Waals surface area contributed by atoms with E-state index in [1.165, 1.54) is 7.11 Å². The predicted molar refractivity (Wildman–Crippen MR) is 106 cm³/mol. The van der Waals surface area contributed by atoms with Gasteiger partial charge >= 0.3 is 0 Å². The fourth-order valence-corrected chi connectivity index (χ4v) is 3.68. The van der Waals surface area contributed by atoms with Crippen LogP contribution in [0.4, 0.5) is 16.0 Å². The van der Waals surface area contributed by atoms with E-state index in [1.807, 2.05) is 6.07 Å². The fraction of sp³-hybridized carbons (Fsp3) is 0.500. The first kappa shape index (κ1) is 18.9. The number of hydrogen-bond donors (Lipinski definition) is 0. The Kier molecular flexibility index (Phi) is 5.87. The van der Waals surface area contributed by atoms with Crippen molar-refractivity contribution in [3.8, 4) is 5.75 Å². The molecule has 4 rings (SSSR count). The van der Waals surface area contributed by atoms with Crippen molar-refractivity contribution in [3.05, 3.63) is 42.0 Å². The maximum Gasteiger partial charge on any atom is 0.165 e. The number of benzene rings is 1. The zero-order valence-corrected chi connectivity index (χ0v) is 16.2. The number of anilines is 2. The second kappa shape index (κ2) is 8.70. The molecule has 0 atom stereocenters. The Balaban J connectivity index is 1.34. The lowest BCUT2D eigenvalue weighted by molar-refractivity contribution is 0.122. The van der Waals surface area contributed by atoms with E-state index in [0.29, 0.717) is 0 Å². The molecule has 7 nitrogen and oxygen atoms in total. The van der Waals surface area contributed by atoms with E-state index in [-0.39, 0.29) is 11.6 Å². The first-order chi connectivity index (χ1) is 13.7. The van der Waals surface area contributed by atoms with Gasteiger partial charge in [-0.3, -0.25) is 4.90 Å². The minimum atomic E-state index is -0.310. The third-order valence-electron chi connectivity index (χ3n) is 5.29. The molecular weight excluding hydrogens is 361 g/mol. The number of aromatic nitrogens is 2. The Labute approximate surface area is 164 Å². The topological polar surface area (TPSA) is 54.0 Å². The van der Waals surface area contributed by atoms with Gasteiger partial charge in [0.25, 0.3) is 0 Å². The van der Waals surface area contributed by atoms with Crippen molar-refractivity contribution in [1.29, 1.82) is 0 Å². The highest BCUT2D eigenvalue weighted by atomic mass is 19.1. The molecule has 0 bridgehead atoms. The van der Waals surface area contributed by atoms with Gasteiger partial charge in [0.2, 0.25) is 0 Å². The van der Waals surface area contributed by atoms with Crippen molar-refractivity contribution in [2.75, 3.05) is 69.4 Å². The summed E-state index contributed by atoms with van der Waals surface area (Å²) in [6, 6.07) is 7.24. The maximum atomic E-state index is 13.9. The van der Waals surface area contributed by atoms with Gasteiger partial charge in [-0.2, -0.15) is 0 Å². The Morgan fingerprint density at radius 1 is 0.964 bits per heavy atom. The van der Waals surface area contributed by atoms with Crippen LogP contribution in [0.2, 0.25) is 0 Å². The number of morpholine rings is 1. The minimum absolute atomic E-state index is 0.286. The van der Waals surface area contributed by atoms with Crippen LogP contribution in [0.25, 0.3) is 0 Å². The molecule has 1 aromatic carbocycles. The van der Waals surface area contributed by atoms with Crippen molar-refractivity contribution in [3.63, 3.8) is 0 Å². The SMILES string of the molecule is COc1ccc(CN2CCN(c3cc(N4CCOCC4)ncn3)CC2)cc1F. The lowest BCUT2D eigenvalue weighted by Crippen LogP contribution is -2.46. The molecule has 2 saturated heterocycles. The van der Waals surface area contributed by atoms with E-state index >= 15 is 0 Å². The molecule has 0 spiro atoms. The zero-order chi connectivity index (χ0) is 19.3. The standard InChI is InChI=1S/C20H26FN5O2/c1-27-18-3-2-16(12-17(18)21)14-24-4-6-25(7-5-24)19-13-20(23-15-22-19)26-8-10-28-11-9-26/h2-3,12-13,15H,4-11,14H2,1H3. The monoisotopic (exact) mass is 387 g/mol. The molecule has 2 aromatic rings. The second-order valence-corrected chi connectivity index (χ2v) is 7.07. The van der Waals surface area contributed by atoms with E-state index in [0.717, 1.165) is 76.2 Å². The van der Waals surface area contributed by atoms with Crippen LogP contribution in [0.1, 0.15) is 5.56 Å². The van der Waals surface area contributed by atoms with Crippen LogP contribution < -0.4 is 14.5 Å². The normalized spacial score (nSPS) is 18.4. The lowest BCUT2D eigenvalue weighted by Gasteiger charge is -2.36. The minimum Gasteiger partial charge on any atom is -0.494 e. The molecule has 28 heavy (non-hydrogen) atoms. The summed E-state index contributed by atoms with van der Waals surface area (Å²) in [6.45, 7) is 7.53. The quantitative estimate of drug-likeness (QED) is 0.775. The van der Waals surface area contributed by atoms with Gasteiger partial charge < -0.3 is 19.3 Å². The number of ether oxygens (including phenoxy) is 2. The molecule has 0 amide bonds. The van der Waals surface area contributed by atoms with Gasteiger partial charge in [0.15, 0.2) is 11.6 Å². The number of methoxy groups -OCH3 is 1. The van der Waals surface area contributed by atoms with Crippen LogP contribution in [0.5, 0.6) is 5.75 Å². The largest absolute Gasteiger partial charge is 0.494 e. The van der Waals surface area contributed by atoms with Crippen LogP contribution in [0, 0.1) is 5.82 Å². The number of rotatable bonds is 5. The highest BCUT2D eigenvalue weighted by Gasteiger charge is 2.20. The third-order valence-corrected chi connectivity index (χ3v) is 5.29. The summed E-state index contributed by atoms with van der Waals surface area (Å²) in [5, 5.41) is 0.